The highest BCUT2D eigenvalue weighted by Crippen LogP contribution is 2.38. The van der Waals surface area contributed by atoms with Gasteiger partial charge in [-0.25, -0.2) is 4.79 Å². The summed E-state index contributed by atoms with van der Waals surface area (Å²) in [5.74, 6) is 0.173. The van der Waals surface area contributed by atoms with E-state index >= 15 is 0 Å². The first-order chi connectivity index (χ1) is 14.5. The number of amides is 2. The summed E-state index contributed by atoms with van der Waals surface area (Å²) >= 11 is 0. The number of likely N-dealkylation sites (tertiary alicyclic amines) is 1. The third kappa shape index (κ3) is 4.10. The molecule has 2 fully saturated rings. The average Bonchev–Trinajstić information content (AvgIpc) is 3.31. The Morgan fingerprint density at radius 3 is 2.50 bits per heavy atom. The lowest BCUT2D eigenvalue weighted by Crippen LogP contribution is -2.39. The van der Waals surface area contributed by atoms with Gasteiger partial charge in [0.15, 0.2) is 0 Å². The third-order valence-electron chi connectivity index (χ3n) is 6.14. The van der Waals surface area contributed by atoms with Crippen molar-refractivity contribution in [3.05, 3.63) is 53.9 Å². The molecule has 7 heteroatoms. The van der Waals surface area contributed by atoms with Gasteiger partial charge in [0.05, 0.1) is 7.11 Å². The van der Waals surface area contributed by atoms with Crippen LogP contribution in [0.3, 0.4) is 0 Å². The zero-order valence-corrected chi connectivity index (χ0v) is 17.3. The predicted octanol–water partition coefficient (Wildman–Crippen LogP) is 3.35. The SMILES string of the molecule is COC(=O)c1cccn1C1CCN(C(=O)c2cccc(NC(=O)C3CC3C)c2)CC1. The Bertz CT molecular complexity index is 959. The number of nitrogens with one attached hydrogen (secondary N) is 1. The first kappa shape index (κ1) is 20.2. The van der Waals surface area contributed by atoms with Gasteiger partial charge in [-0.15, -0.1) is 0 Å². The van der Waals surface area contributed by atoms with Gasteiger partial charge in [-0.2, -0.15) is 0 Å². The van der Waals surface area contributed by atoms with Gasteiger partial charge in [-0.3, -0.25) is 9.59 Å². The summed E-state index contributed by atoms with van der Waals surface area (Å²) < 4.78 is 6.80. The highest BCUT2D eigenvalue weighted by atomic mass is 16.5. The minimum Gasteiger partial charge on any atom is -0.464 e. The highest BCUT2D eigenvalue weighted by molar-refractivity contribution is 5.98. The third-order valence-corrected chi connectivity index (χ3v) is 6.14. The number of aromatic nitrogens is 1. The number of hydrogen-bond acceptors (Lipinski definition) is 4. The highest BCUT2D eigenvalue weighted by Gasteiger charge is 2.39. The van der Waals surface area contributed by atoms with Crippen LogP contribution in [0.4, 0.5) is 5.69 Å². The molecule has 2 heterocycles. The number of piperidine rings is 1. The number of rotatable bonds is 5. The molecule has 0 spiro atoms. The normalized spacial score (nSPS) is 21.2. The van der Waals surface area contributed by atoms with Crippen molar-refractivity contribution in [1.82, 2.24) is 9.47 Å². The molecule has 2 aliphatic rings. The number of esters is 1. The van der Waals surface area contributed by atoms with Crippen LogP contribution in [0, 0.1) is 11.8 Å². The average molecular weight is 409 g/mol. The zero-order chi connectivity index (χ0) is 21.3. The summed E-state index contributed by atoms with van der Waals surface area (Å²) in [5.41, 5.74) is 1.77. The lowest BCUT2D eigenvalue weighted by molar-refractivity contribution is -0.117. The number of anilines is 1. The van der Waals surface area contributed by atoms with Crippen LogP contribution >= 0.6 is 0 Å². The number of nitrogens with zero attached hydrogens (tertiary/aromatic N) is 2. The molecule has 158 valence electrons. The van der Waals surface area contributed by atoms with Gasteiger partial charge in [0.2, 0.25) is 5.91 Å². The molecule has 2 unspecified atom stereocenters. The van der Waals surface area contributed by atoms with E-state index in [1.807, 2.05) is 27.8 Å². The van der Waals surface area contributed by atoms with Gasteiger partial charge >= 0.3 is 5.97 Å². The monoisotopic (exact) mass is 409 g/mol. The number of methoxy groups -OCH3 is 1. The Hall–Kier alpha value is -3.09. The Kier molecular flexibility index (Phi) is 5.61. The number of carbonyl (C=O) groups is 3. The van der Waals surface area contributed by atoms with Crippen LogP contribution in [0.15, 0.2) is 42.6 Å². The Morgan fingerprint density at radius 2 is 1.83 bits per heavy atom. The second-order valence-electron chi connectivity index (χ2n) is 8.21. The fourth-order valence-corrected chi connectivity index (χ4v) is 4.17. The molecular formula is C23H27N3O4. The van der Waals surface area contributed by atoms with Crippen LogP contribution in [0.5, 0.6) is 0 Å². The molecule has 2 aromatic rings. The van der Waals surface area contributed by atoms with Crippen LogP contribution < -0.4 is 5.32 Å². The van der Waals surface area contributed by atoms with Crippen LogP contribution in [0.2, 0.25) is 0 Å². The van der Waals surface area contributed by atoms with Gasteiger partial charge in [-0.05, 0) is 55.5 Å². The smallest absolute Gasteiger partial charge is 0.354 e. The first-order valence-corrected chi connectivity index (χ1v) is 10.4. The topological polar surface area (TPSA) is 80.6 Å². The van der Waals surface area contributed by atoms with E-state index in [-0.39, 0.29) is 29.7 Å². The van der Waals surface area contributed by atoms with Crippen molar-refractivity contribution in [3.8, 4) is 0 Å². The van der Waals surface area contributed by atoms with E-state index in [1.54, 1.807) is 24.3 Å². The van der Waals surface area contributed by atoms with Crippen molar-refractivity contribution in [2.24, 2.45) is 11.8 Å². The zero-order valence-electron chi connectivity index (χ0n) is 17.3. The molecule has 1 aliphatic carbocycles. The predicted molar refractivity (Wildman–Crippen MR) is 112 cm³/mol. The van der Waals surface area contributed by atoms with E-state index in [4.69, 9.17) is 4.74 Å². The van der Waals surface area contributed by atoms with E-state index in [0.29, 0.717) is 36.0 Å². The van der Waals surface area contributed by atoms with Crippen LogP contribution in [0.25, 0.3) is 0 Å². The molecule has 1 saturated carbocycles. The number of carbonyl (C=O) groups excluding carboxylic acids is 3. The molecule has 7 nitrogen and oxygen atoms in total. The lowest BCUT2D eigenvalue weighted by Gasteiger charge is -2.33. The number of benzene rings is 1. The molecule has 1 aromatic carbocycles. The maximum absolute atomic E-state index is 13.0. The quantitative estimate of drug-likeness (QED) is 0.768. The maximum Gasteiger partial charge on any atom is 0.354 e. The van der Waals surface area contributed by atoms with Crippen LogP contribution in [-0.2, 0) is 9.53 Å². The molecule has 2 atom stereocenters. The summed E-state index contributed by atoms with van der Waals surface area (Å²) in [5, 5.41) is 2.92. The minimum absolute atomic E-state index is 0.0287. The Morgan fingerprint density at radius 1 is 1.10 bits per heavy atom. The van der Waals surface area contributed by atoms with Crippen LogP contribution in [-0.4, -0.2) is 47.4 Å². The van der Waals surface area contributed by atoms with Crippen LogP contribution in [0.1, 0.15) is 53.1 Å². The standard InChI is InChI=1S/C23H27N3O4/c1-15-13-19(15)21(27)24-17-6-3-5-16(14-17)22(28)25-11-8-18(9-12-25)26-10-4-7-20(26)23(29)30-2/h3-7,10,14-15,18-19H,8-9,11-13H2,1-2H3,(H,24,27). The van der Waals surface area contributed by atoms with Crippen molar-refractivity contribution >= 4 is 23.5 Å². The molecular weight excluding hydrogens is 382 g/mol. The molecule has 2 amide bonds. The summed E-state index contributed by atoms with van der Waals surface area (Å²) in [6, 6.07) is 10.9. The molecule has 0 bridgehead atoms. The second-order valence-corrected chi connectivity index (χ2v) is 8.21. The van der Waals surface area contributed by atoms with Gasteiger partial charge < -0.3 is 19.5 Å². The van der Waals surface area contributed by atoms with Crippen molar-refractivity contribution < 1.29 is 19.1 Å². The molecule has 1 aromatic heterocycles. The van der Waals surface area contributed by atoms with Gasteiger partial charge in [0.1, 0.15) is 5.69 Å². The molecule has 1 saturated heterocycles. The van der Waals surface area contributed by atoms with E-state index in [1.165, 1.54) is 7.11 Å². The lowest BCUT2D eigenvalue weighted by atomic mass is 10.0. The molecule has 4 rings (SSSR count). The fraction of sp³-hybridized carbons (Fsp3) is 0.435. The van der Waals surface area contributed by atoms with Crippen molar-refractivity contribution in [2.75, 3.05) is 25.5 Å². The molecule has 0 radical (unpaired) electrons. The van der Waals surface area contributed by atoms with E-state index in [9.17, 15) is 14.4 Å². The van der Waals surface area contributed by atoms with E-state index in [2.05, 4.69) is 12.2 Å². The van der Waals surface area contributed by atoms with Gasteiger partial charge in [-0.1, -0.05) is 13.0 Å². The summed E-state index contributed by atoms with van der Waals surface area (Å²) in [7, 11) is 1.38. The summed E-state index contributed by atoms with van der Waals surface area (Å²) in [6.07, 6.45) is 4.35. The van der Waals surface area contributed by atoms with Gasteiger partial charge in [0, 0.05) is 42.5 Å². The number of ether oxygens (including phenoxy) is 1. The first-order valence-electron chi connectivity index (χ1n) is 10.4. The Balaban J connectivity index is 1.38. The molecule has 1 aliphatic heterocycles. The molecule has 1 N–H and O–H groups in total. The van der Waals surface area contributed by atoms with Crippen molar-refractivity contribution in [1.29, 1.82) is 0 Å². The van der Waals surface area contributed by atoms with Crippen molar-refractivity contribution in [3.63, 3.8) is 0 Å². The van der Waals surface area contributed by atoms with E-state index in [0.717, 1.165) is 19.3 Å². The Labute approximate surface area is 176 Å². The molecule has 30 heavy (non-hydrogen) atoms. The van der Waals surface area contributed by atoms with Gasteiger partial charge in [0.25, 0.3) is 5.91 Å². The van der Waals surface area contributed by atoms with Crippen molar-refractivity contribution in [2.45, 2.75) is 32.2 Å². The second kappa shape index (κ2) is 8.34. The van der Waals surface area contributed by atoms with E-state index < -0.39 is 0 Å². The number of hydrogen-bond donors (Lipinski definition) is 1. The summed E-state index contributed by atoms with van der Waals surface area (Å²) in [4.78, 5) is 38.9. The maximum atomic E-state index is 13.0. The minimum atomic E-state index is -0.349. The summed E-state index contributed by atoms with van der Waals surface area (Å²) in [6.45, 7) is 3.28. The largest absolute Gasteiger partial charge is 0.464 e. The fourth-order valence-electron chi connectivity index (χ4n) is 4.17.